The van der Waals surface area contributed by atoms with Crippen molar-refractivity contribution in [3.05, 3.63) is 47.8 Å². The smallest absolute Gasteiger partial charge is 0.410 e. The third-order valence-corrected chi connectivity index (χ3v) is 10.4. The summed E-state index contributed by atoms with van der Waals surface area (Å²) in [7, 11) is 0.0466. The van der Waals surface area contributed by atoms with Crippen molar-refractivity contribution in [2.24, 2.45) is 0 Å². The van der Waals surface area contributed by atoms with Gasteiger partial charge in [-0.1, -0.05) is 19.6 Å². The van der Waals surface area contributed by atoms with Crippen molar-refractivity contribution in [3.63, 3.8) is 0 Å². The number of benzene rings is 1. The molecule has 1 aliphatic rings. The van der Waals surface area contributed by atoms with Crippen molar-refractivity contribution < 1.29 is 28.2 Å². The molecule has 1 N–H and O–H groups in total. The molecule has 0 unspecified atom stereocenters. The fourth-order valence-corrected chi connectivity index (χ4v) is 6.98. The first-order valence-electron chi connectivity index (χ1n) is 16.9. The fourth-order valence-electron chi connectivity index (χ4n) is 6.22. The molecule has 1 aromatic carbocycles. The summed E-state index contributed by atoms with van der Waals surface area (Å²) in [6.07, 6.45) is 6.30. The number of aromatic nitrogens is 4. The van der Waals surface area contributed by atoms with Gasteiger partial charge in [-0.25, -0.2) is 14.5 Å². The summed E-state index contributed by atoms with van der Waals surface area (Å²) < 4.78 is 35.7. The van der Waals surface area contributed by atoms with E-state index in [-0.39, 0.29) is 35.9 Å². The number of halogens is 1. The Hall–Kier alpha value is -4.17. The van der Waals surface area contributed by atoms with Gasteiger partial charge in [0.15, 0.2) is 11.4 Å². The van der Waals surface area contributed by atoms with E-state index in [1.807, 2.05) is 38.7 Å². The molecular weight excluding hydrogens is 646 g/mol. The van der Waals surface area contributed by atoms with Crippen LogP contribution in [0, 0.1) is 12.7 Å². The van der Waals surface area contributed by atoms with Crippen LogP contribution >= 0.6 is 0 Å². The first kappa shape index (κ1) is 36.1. The summed E-state index contributed by atoms with van der Waals surface area (Å²) in [5.74, 6) is -1.20. The molecule has 1 aliphatic heterocycles. The van der Waals surface area contributed by atoms with E-state index in [0.29, 0.717) is 43.0 Å². The van der Waals surface area contributed by atoms with Gasteiger partial charge < -0.3 is 33.7 Å². The highest BCUT2D eigenvalue weighted by Gasteiger charge is 2.31. The lowest BCUT2D eigenvalue weighted by atomic mass is 10.0. The van der Waals surface area contributed by atoms with Gasteiger partial charge in [0.05, 0.1) is 30.1 Å². The van der Waals surface area contributed by atoms with E-state index in [9.17, 15) is 9.59 Å². The van der Waals surface area contributed by atoms with Crippen LogP contribution in [0.25, 0.3) is 16.6 Å². The number of ether oxygens (including phenoxy) is 3. The van der Waals surface area contributed by atoms with Crippen molar-refractivity contribution in [2.75, 3.05) is 43.6 Å². The third-order valence-electron chi connectivity index (χ3n) is 8.66. The molecule has 2 amide bonds. The predicted molar refractivity (Wildman–Crippen MR) is 192 cm³/mol. The summed E-state index contributed by atoms with van der Waals surface area (Å²) in [6.45, 7) is 19.0. The molecule has 0 aliphatic carbocycles. The van der Waals surface area contributed by atoms with E-state index in [0.717, 1.165) is 30.0 Å². The SMILES string of the molecule is CCN(C(=O)OC(C)(C)C)C1CCN(c2ccc(C(=O)Nc3cn4cc(C)nc4c(F)c3OC)c3c2cnn3COCC[Si](C)(C)C)CC1. The number of piperidine rings is 1. The van der Waals surface area contributed by atoms with Crippen molar-refractivity contribution >= 4 is 48.0 Å². The van der Waals surface area contributed by atoms with E-state index in [1.165, 1.54) is 11.5 Å². The quantitative estimate of drug-likeness (QED) is 0.133. The molecule has 12 nitrogen and oxygen atoms in total. The number of nitrogens with zero attached hydrogens (tertiary/aromatic N) is 6. The minimum absolute atomic E-state index is 0.0612. The fraction of sp³-hybridized carbons (Fsp3) is 0.543. The zero-order valence-corrected chi connectivity index (χ0v) is 31.2. The van der Waals surface area contributed by atoms with Gasteiger partial charge in [0, 0.05) is 63.8 Å². The average Bonchev–Trinajstić information content (AvgIpc) is 3.62. The van der Waals surface area contributed by atoms with E-state index in [1.54, 1.807) is 36.3 Å². The molecule has 266 valence electrons. The van der Waals surface area contributed by atoms with E-state index in [4.69, 9.17) is 14.2 Å². The van der Waals surface area contributed by atoms with Crippen LogP contribution in [0.15, 0.2) is 30.7 Å². The molecule has 0 spiro atoms. The van der Waals surface area contributed by atoms with Gasteiger partial charge in [-0.3, -0.25) is 4.79 Å². The lowest BCUT2D eigenvalue weighted by Crippen LogP contribution is -2.48. The number of fused-ring (bicyclic) bond motifs is 2. The van der Waals surface area contributed by atoms with Crippen LogP contribution in [0.3, 0.4) is 0 Å². The lowest BCUT2D eigenvalue weighted by molar-refractivity contribution is 0.0149. The minimum atomic E-state index is -1.31. The second-order valence-corrected chi connectivity index (χ2v) is 20.4. The first-order valence-corrected chi connectivity index (χ1v) is 20.6. The molecule has 1 saturated heterocycles. The summed E-state index contributed by atoms with van der Waals surface area (Å²) in [5.41, 5.74) is 2.29. The molecule has 5 rings (SSSR count). The van der Waals surface area contributed by atoms with Crippen molar-refractivity contribution in [1.82, 2.24) is 24.1 Å². The standard InChI is InChI=1S/C35H50FN7O5Si/c1-10-42(34(45)48-35(3,4)5)24-13-15-40(16-14-24)28-12-11-25(30-26(28)19-37-43(30)22-47-17-18-49(7,8)9)33(44)39-27-21-41-20-23(2)38-32(41)29(36)31(27)46-6/h11-12,19-21,24H,10,13-18,22H2,1-9H3,(H,39,44). The topological polar surface area (TPSA) is 115 Å². The first-order chi connectivity index (χ1) is 23.1. The highest BCUT2D eigenvalue weighted by Crippen LogP contribution is 2.35. The Morgan fingerprint density at radius 3 is 2.49 bits per heavy atom. The number of methoxy groups -OCH3 is 1. The van der Waals surface area contributed by atoms with Crippen molar-refractivity contribution in [2.45, 2.75) is 91.5 Å². The van der Waals surface area contributed by atoms with Gasteiger partial charge in [-0.05, 0) is 65.6 Å². The number of amides is 2. The lowest BCUT2D eigenvalue weighted by Gasteiger charge is -2.39. The summed E-state index contributed by atoms with van der Waals surface area (Å²) in [4.78, 5) is 35.3. The Bertz CT molecular complexity index is 1820. The predicted octanol–water partition coefficient (Wildman–Crippen LogP) is 6.93. The van der Waals surface area contributed by atoms with Gasteiger partial charge in [-0.2, -0.15) is 9.49 Å². The Balaban J connectivity index is 1.44. The minimum Gasteiger partial charge on any atom is -0.491 e. The van der Waals surface area contributed by atoms with Gasteiger partial charge in [0.2, 0.25) is 5.82 Å². The van der Waals surface area contributed by atoms with Gasteiger partial charge in [0.25, 0.3) is 5.91 Å². The van der Waals surface area contributed by atoms with Crippen molar-refractivity contribution in [1.29, 1.82) is 0 Å². The highest BCUT2D eigenvalue weighted by atomic mass is 28.3. The molecule has 0 atom stereocenters. The van der Waals surface area contributed by atoms with E-state index < -0.39 is 25.4 Å². The number of pyridine rings is 1. The zero-order valence-electron chi connectivity index (χ0n) is 30.2. The monoisotopic (exact) mass is 695 g/mol. The molecule has 0 bridgehead atoms. The third kappa shape index (κ3) is 8.18. The highest BCUT2D eigenvalue weighted by molar-refractivity contribution is 6.76. The Labute approximate surface area is 288 Å². The molecule has 3 aromatic heterocycles. The molecule has 49 heavy (non-hydrogen) atoms. The number of hydrogen-bond donors (Lipinski definition) is 1. The van der Waals surface area contributed by atoms with Crippen LogP contribution in [0.2, 0.25) is 25.7 Å². The Morgan fingerprint density at radius 1 is 1.14 bits per heavy atom. The number of nitrogens with one attached hydrogen (secondary N) is 1. The van der Waals surface area contributed by atoms with Crippen LogP contribution in [-0.2, 0) is 16.2 Å². The van der Waals surface area contributed by atoms with Crippen LogP contribution in [0.4, 0.5) is 20.6 Å². The maximum atomic E-state index is 15.4. The number of aryl methyl sites for hydroxylation is 1. The molecular formula is C35H50FN7O5Si. The van der Waals surface area contributed by atoms with Gasteiger partial charge >= 0.3 is 6.09 Å². The second kappa shape index (κ2) is 14.4. The number of rotatable bonds is 11. The van der Waals surface area contributed by atoms with Gasteiger partial charge in [0.1, 0.15) is 18.0 Å². The summed E-state index contributed by atoms with van der Waals surface area (Å²) >= 11 is 0. The van der Waals surface area contributed by atoms with E-state index >= 15 is 4.39 Å². The Morgan fingerprint density at radius 2 is 1.86 bits per heavy atom. The average molecular weight is 696 g/mol. The van der Waals surface area contributed by atoms with Crippen LogP contribution in [0.5, 0.6) is 5.75 Å². The van der Waals surface area contributed by atoms with Crippen molar-refractivity contribution in [3.8, 4) is 5.75 Å². The number of imidazole rings is 1. The molecule has 0 radical (unpaired) electrons. The largest absolute Gasteiger partial charge is 0.491 e. The summed E-state index contributed by atoms with van der Waals surface area (Å²) in [6, 6.07) is 4.77. The number of anilines is 2. The molecule has 0 saturated carbocycles. The van der Waals surface area contributed by atoms with E-state index in [2.05, 4.69) is 39.9 Å². The van der Waals surface area contributed by atoms with Crippen LogP contribution < -0.4 is 15.0 Å². The molecule has 4 aromatic rings. The Kier molecular flexibility index (Phi) is 10.6. The normalized spacial score (nSPS) is 14.4. The number of carbonyl (C=O) groups excluding carboxylic acids is 2. The summed E-state index contributed by atoms with van der Waals surface area (Å²) in [5, 5.41) is 8.35. The molecule has 1 fully saturated rings. The van der Waals surface area contributed by atoms with Crippen LogP contribution in [0.1, 0.15) is 56.6 Å². The maximum Gasteiger partial charge on any atom is 0.410 e. The van der Waals surface area contributed by atoms with Crippen LogP contribution in [-0.4, -0.2) is 89.1 Å². The zero-order chi connectivity index (χ0) is 35.7. The maximum absolute atomic E-state index is 15.4. The van der Waals surface area contributed by atoms with Gasteiger partial charge in [-0.15, -0.1) is 0 Å². The molecule has 14 heteroatoms. The number of hydrogen-bond acceptors (Lipinski definition) is 8. The molecule has 4 heterocycles. The second-order valence-electron chi connectivity index (χ2n) is 14.8. The number of carbonyl (C=O) groups is 2.